The van der Waals surface area contributed by atoms with Crippen molar-refractivity contribution in [3.8, 4) is 0 Å². The average Bonchev–Trinajstić information content (AvgIpc) is 3.34. The number of aliphatic hydroxyl groups excluding tert-OH is 5. The summed E-state index contributed by atoms with van der Waals surface area (Å²) in [5, 5.41) is 54.7. The fourth-order valence-corrected chi connectivity index (χ4v) is 9.87. The SMILES string of the molecule is CCCCCCCCCCCCCC/C=C\CCCCCCCCCCCCCCCC(=O)NC(COC1OC(CO)C(O)C(O)C1O)C(O)CCCCCCCCCCCCCCCCCC. The summed E-state index contributed by atoms with van der Waals surface area (Å²) >= 11 is 0. The second-order valence-corrected chi connectivity index (χ2v) is 21.1. The summed E-state index contributed by atoms with van der Waals surface area (Å²) in [6.07, 6.45) is 53.9. The fraction of sp³-hybridized carbons (Fsp3) is 0.949. The average molecular weight is 967 g/mol. The second-order valence-electron chi connectivity index (χ2n) is 21.1. The van der Waals surface area contributed by atoms with Crippen molar-refractivity contribution in [1.29, 1.82) is 0 Å². The van der Waals surface area contributed by atoms with Crippen LogP contribution < -0.4 is 5.32 Å². The Morgan fingerprint density at radius 1 is 0.485 bits per heavy atom. The van der Waals surface area contributed by atoms with E-state index in [1.807, 2.05) is 0 Å². The van der Waals surface area contributed by atoms with Crippen LogP contribution in [-0.4, -0.2) is 87.5 Å². The standard InChI is InChI=1S/C59H115NO8/c1-3-5-7-9-11-13-15-17-19-21-22-23-24-25-26-27-28-29-30-31-32-33-35-37-39-41-43-45-47-49-55(63)60-52(51-67-59-58(66)57(65)56(64)54(50-61)68-59)53(62)48-46-44-42-40-38-36-34-20-18-16-14-12-10-8-6-4-2/h25-26,52-54,56-59,61-62,64-66H,3-24,27-51H2,1-2H3,(H,60,63)/b26-25-. The summed E-state index contributed by atoms with van der Waals surface area (Å²) in [6, 6.07) is -0.716. The molecule has 9 nitrogen and oxygen atoms in total. The number of carbonyl (C=O) groups is 1. The fourth-order valence-electron chi connectivity index (χ4n) is 9.87. The molecule has 1 amide bonds. The Labute approximate surface area is 420 Å². The first-order valence-corrected chi connectivity index (χ1v) is 29.9. The van der Waals surface area contributed by atoms with Crippen LogP contribution in [0.15, 0.2) is 12.2 Å². The van der Waals surface area contributed by atoms with Gasteiger partial charge in [-0.1, -0.05) is 270 Å². The second kappa shape index (κ2) is 49.5. The lowest BCUT2D eigenvalue weighted by molar-refractivity contribution is -0.302. The molecule has 0 radical (unpaired) electrons. The van der Waals surface area contributed by atoms with Crippen molar-refractivity contribution in [2.45, 2.75) is 346 Å². The van der Waals surface area contributed by atoms with Gasteiger partial charge in [-0.3, -0.25) is 4.79 Å². The number of ether oxygens (including phenoxy) is 2. The first-order chi connectivity index (χ1) is 33.3. The summed E-state index contributed by atoms with van der Waals surface area (Å²) in [4.78, 5) is 13.1. The molecule has 1 heterocycles. The third-order valence-corrected chi connectivity index (χ3v) is 14.6. The Morgan fingerprint density at radius 2 is 0.824 bits per heavy atom. The number of carbonyl (C=O) groups excluding carboxylic acids is 1. The van der Waals surface area contributed by atoms with Crippen LogP contribution in [0.3, 0.4) is 0 Å². The van der Waals surface area contributed by atoms with Gasteiger partial charge in [0.15, 0.2) is 6.29 Å². The van der Waals surface area contributed by atoms with Gasteiger partial charge in [-0.25, -0.2) is 0 Å². The van der Waals surface area contributed by atoms with Crippen LogP contribution in [-0.2, 0) is 14.3 Å². The van der Waals surface area contributed by atoms with Crippen molar-refractivity contribution >= 4 is 5.91 Å². The maximum atomic E-state index is 13.1. The van der Waals surface area contributed by atoms with Gasteiger partial charge in [0.1, 0.15) is 24.4 Å². The van der Waals surface area contributed by atoms with Crippen molar-refractivity contribution in [2.75, 3.05) is 13.2 Å². The van der Waals surface area contributed by atoms with Crippen LogP contribution in [0.2, 0.25) is 0 Å². The van der Waals surface area contributed by atoms with Gasteiger partial charge < -0.3 is 40.3 Å². The summed E-state index contributed by atoms with van der Waals surface area (Å²) in [5.74, 6) is -0.139. The highest BCUT2D eigenvalue weighted by atomic mass is 16.7. The van der Waals surface area contributed by atoms with Crippen LogP contribution in [0.5, 0.6) is 0 Å². The van der Waals surface area contributed by atoms with E-state index in [9.17, 15) is 30.3 Å². The third-order valence-electron chi connectivity index (χ3n) is 14.6. The van der Waals surface area contributed by atoms with E-state index in [-0.39, 0.29) is 12.5 Å². The monoisotopic (exact) mass is 966 g/mol. The van der Waals surface area contributed by atoms with Crippen LogP contribution in [0.1, 0.15) is 303 Å². The molecule has 68 heavy (non-hydrogen) atoms. The van der Waals surface area contributed by atoms with E-state index in [1.165, 1.54) is 238 Å². The maximum absolute atomic E-state index is 13.1. The molecule has 0 spiro atoms. The van der Waals surface area contributed by atoms with Gasteiger partial charge >= 0.3 is 0 Å². The van der Waals surface area contributed by atoms with Gasteiger partial charge in [0.2, 0.25) is 5.91 Å². The van der Waals surface area contributed by atoms with Crippen LogP contribution in [0, 0.1) is 0 Å². The largest absolute Gasteiger partial charge is 0.394 e. The van der Waals surface area contributed by atoms with Crippen molar-refractivity contribution in [3.05, 3.63) is 12.2 Å². The summed E-state index contributed by atoms with van der Waals surface area (Å²) < 4.78 is 11.3. The molecular weight excluding hydrogens is 851 g/mol. The summed E-state index contributed by atoms with van der Waals surface area (Å²) in [7, 11) is 0. The van der Waals surface area contributed by atoms with E-state index in [4.69, 9.17) is 9.47 Å². The van der Waals surface area contributed by atoms with Gasteiger partial charge in [0, 0.05) is 6.42 Å². The first-order valence-electron chi connectivity index (χ1n) is 29.9. The number of hydrogen-bond acceptors (Lipinski definition) is 8. The molecule has 0 aromatic rings. The molecule has 404 valence electrons. The molecular formula is C59H115NO8. The zero-order valence-electron chi connectivity index (χ0n) is 44.9. The van der Waals surface area contributed by atoms with E-state index < -0.39 is 49.5 Å². The molecule has 0 bridgehead atoms. The van der Waals surface area contributed by atoms with Gasteiger partial charge in [-0.05, 0) is 38.5 Å². The normalized spacial score (nSPS) is 19.5. The zero-order valence-corrected chi connectivity index (χ0v) is 44.9. The Bertz CT molecular complexity index is 1080. The lowest BCUT2D eigenvalue weighted by Crippen LogP contribution is -2.60. The molecule has 7 atom stereocenters. The van der Waals surface area contributed by atoms with Crippen LogP contribution >= 0.6 is 0 Å². The smallest absolute Gasteiger partial charge is 0.220 e. The Morgan fingerprint density at radius 3 is 1.19 bits per heavy atom. The number of amides is 1. The summed E-state index contributed by atoms with van der Waals surface area (Å²) in [6.45, 7) is 3.88. The van der Waals surface area contributed by atoms with E-state index in [1.54, 1.807) is 0 Å². The minimum absolute atomic E-state index is 0.133. The Kier molecular flexibility index (Phi) is 47.3. The molecule has 7 unspecified atom stereocenters. The molecule has 0 saturated carbocycles. The quantitative estimate of drug-likeness (QED) is 0.0261. The number of hydrogen-bond donors (Lipinski definition) is 6. The van der Waals surface area contributed by atoms with Crippen LogP contribution in [0.25, 0.3) is 0 Å². The molecule has 0 aliphatic carbocycles. The van der Waals surface area contributed by atoms with Crippen molar-refractivity contribution in [1.82, 2.24) is 5.32 Å². The third kappa shape index (κ3) is 38.6. The topological polar surface area (TPSA) is 149 Å². The number of aliphatic hydroxyl groups is 5. The van der Waals surface area contributed by atoms with E-state index in [0.29, 0.717) is 12.8 Å². The molecule has 6 N–H and O–H groups in total. The van der Waals surface area contributed by atoms with Gasteiger partial charge in [-0.2, -0.15) is 0 Å². The first kappa shape index (κ1) is 64.9. The number of allylic oxidation sites excluding steroid dienone is 2. The zero-order chi connectivity index (χ0) is 49.4. The lowest BCUT2D eigenvalue weighted by atomic mass is 9.99. The molecule has 1 saturated heterocycles. The predicted octanol–water partition coefficient (Wildman–Crippen LogP) is 14.8. The van der Waals surface area contributed by atoms with Crippen molar-refractivity contribution < 1.29 is 39.8 Å². The highest BCUT2D eigenvalue weighted by Gasteiger charge is 2.44. The van der Waals surface area contributed by atoms with E-state index >= 15 is 0 Å². The Hall–Kier alpha value is -1.07. The molecule has 0 aromatic heterocycles. The lowest BCUT2D eigenvalue weighted by Gasteiger charge is -2.40. The molecule has 0 aromatic carbocycles. The van der Waals surface area contributed by atoms with Crippen LogP contribution in [0.4, 0.5) is 0 Å². The van der Waals surface area contributed by atoms with E-state index in [2.05, 4.69) is 31.3 Å². The molecule has 1 rings (SSSR count). The predicted molar refractivity (Wildman–Crippen MR) is 286 cm³/mol. The Balaban J connectivity index is 2.14. The molecule has 9 heteroatoms. The maximum Gasteiger partial charge on any atom is 0.220 e. The number of nitrogens with one attached hydrogen (secondary N) is 1. The minimum atomic E-state index is -1.55. The van der Waals surface area contributed by atoms with Gasteiger partial charge in [-0.15, -0.1) is 0 Å². The van der Waals surface area contributed by atoms with Gasteiger partial charge in [0.25, 0.3) is 0 Å². The number of rotatable bonds is 52. The highest BCUT2D eigenvalue weighted by Crippen LogP contribution is 2.23. The van der Waals surface area contributed by atoms with Gasteiger partial charge in [0.05, 0.1) is 25.4 Å². The highest BCUT2D eigenvalue weighted by molar-refractivity contribution is 5.76. The van der Waals surface area contributed by atoms with Crippen molar-refractivity contribution in [3.63, 3.8) is 0 Å². The molecule has 1 aliphatic heterocycles. The molecule has 1 aliphatic rings. The van der Waals surface area contributed by atoms with E-state index in [0.717, 1.165) is 38.5 Å². The minimum Gasteiger partial charge on any atom is -0.394 e. The molecule has 1 fully saturated rings. The van der Waals surface area contributed by atoms with Crippen molar-refractivity contribution in [2.24, 2.45) is 0 Å². The number of unbranched alkanes of at least 4 members (excludes halogenated alkanes) is 40. The summed E-state index contributed by atoms with van der Waals surface area (Å²) in [5.41, 5.74) is 0.